The summed E-state index contributed by atoms with van der Waals surface area (Å²) < 4.78 is 5.87. The molecule has 0 unspecified atom stereocenters. The third-order valence-corrected chi connectivity index (χ3v) is 10.1. The van der Waals surface area contributed by atoms with Crippen molar-refractivity contribution in [1.82, 2.24) is 25.3 Å². The molecule has 4 heterocycles. The Labute approximate surface area is 228 Å². The second-order valence-electron chi connectivity index (χ2n) is 12.9. The van der Waals surface area contributed by atoms with Gasteiger partial charge in [-0.05, 0) is 70.8 Å². The summed E-state index contributed by atoms with van der Waals surface area (Å²) in [5.74, 6) is 0.697. The lowest BCUT2D eigenvalue weighted by Crippen LogP contribution is -2.61. The number of hydrogen-bond acceptors (Lipinski definition) is 6. The maximum Gasteiger partial charge on any atom is 0.251 e. The lowest BCUT2D eigenvalue weighted by molar-refractivity contribution is -0.149. The first kappa shape index (κ1) is 27.8. The summed E-state index contributed by atoms with van der Waals surface area (Å²) in [4.78, 5) is 47.0. The fourth-order valence-electron chi connectivity index (χ4n) is 7.62. The molecule has 5 fully saturated rings. The van der Waals surface area contributed by atoms with Crippen molar-refractivity contribution in [2.45, 2.75) is 102 Å². The van der Waals surface area contributed by atoms with Gasteiger partial charge in [0.15, 0.2) is 6.10 Å². The Balaban J connectivity index is 1.32. The Hall–Kier alpha value is -1.71. The van der Waals surface area contributed by atoms with Crippen LogP contribution in [-0.2, 0) is 19.1 Å². The monoisotopic (exact) mass is 531 g/mol. The fourth-order valence-corrected chi connectivity index (χ4v) is 7.62. The van der Waals surface area contributed by atoms with E-state index in [1.54, 1.807) is 0 Å². The normalized spacial score (nSPS) is 33.0. The summed E-state index contributed by atoms with van der Waals surface area (Å²) in [6, 6.07) is 1.12. The van der Waals surface area contributed by atoms with Gasteiger partial charge < -0.3 is 30.1 Å². The highest BCUT2D eigenvalue weighted by Crippen LogP contribution is 2.34. The van der Waals surface area contributed by atoms with Crippen LogP contribution in [0.25, 0.3) is 0 Å². The number of amides is 3. The quantitative estimate of drug-likeness (QED) is 0.564. The second kappa shape index (κ2) is 12.2. The van der Waals surface area contributed by atoms with Crippen LogP contribution in [0.3, 0.4) is 0 Å². The number of rotatable bonds is 2. The van der Waals surface area contributed by atoms with Gasteiger partial charge in [0.1, 0.15) is 0 Å². The van der Waals surface area contributed by atoms with E-state index in [9.17, 15) is 14.4 Å². The molecule has 0 aromatic carbocycles. The molecule has 9 nitrogen and oxygen atoms in total. The summed E-state index contributed by atoms with van der Waals surface area (Å²) >= 11 is 0. The molecule has 5 rings (SSSR count). The third-order valence-electron chi connectivity index (χ3n) is 10.1. The molecule has 5 aliphatic rings. The van der Waals surface area contributed by atoms with E-state index in [1.165, 1.54) is 25.7 Å². The van der Waals surface area contributed by atoms with E-state index in [1.807, 2.05) is 4.90 Å². The zero-order chi connectivity index (χ0) is 26.7. The van der Waals surface area contributed by atoms with Crippen molar-refractivity contribution in [3.05, 3.63) is 0 Å². The van der Waals surface area contributed by atoms with Crippen LogP contribution in [0.15, 0.2) is 0 Å². The van der Waals surface area contributed by atoms with E-state index in [-0.39, 0.29) is 17.7 Å². The first-order chi connectivity index (χ1) is 18.3. The number of morpholine rings is 1. The van der Waals surface area contributed by atoms with Gasteiger partial charge in [-0.1, -0.05) is 12.8 Å². The van der Waals surface area contributed by atoms with Crippen molar-refractivity contribution < 1.29 is 19.1 Å². The lowest BCUT2D eigenvalue weighted by atomic mass is 9.80. The Bertz CT molecular complexity index is 852. The molecule has 1 saturated carbocycles. The standard InChI is InChI=1S/C29H49N5O4/c1-21(2)32-13-9-29(10-14-32)18-26(35)30-11-7-23-19-33(24-5-3-4-6-24)12-8-22(23)17-27(36)34-15-16-38-25(20-34)28(37)31-29/h21-25H,3-20H2,1-2H3,(H,30,35)(H,31,37)/t22-,23-,25-/m0/s1. The largest absolute Gasteiger partial charge is 0.365 e. The molecule has 4 saturated heterocycles. The summed E-state index contributed by atoms with van der Waals surface area (Å²) in [5, 5.41) is 6.45. The number of carbonyl (C=O) groups is 3. The molecule has 0 aromatic heterocycles. The Morgan fingerprint density at radius 3 is 2.42 bits per heavy atom. The Morgan fingerprint density at radius 2 is 1.68 bits per heavy atom. The van der Waals surface area contributed by atoms with Crippen molar-refractivity contribution >= 4 is 17.7 Å². The molecule has 1 aliphatic carbocycles. The first-order valence-corrected chi connectivity index (χ1v) is 15.3. The highest BCUT2D eigenvalue weighted by Gasteiger charge is 2.42. The maximum atomic E-state index is 13.5. The van der Waals surface area contributed by atoms with Crippen molar-refractivity contribution in [2.75, 3.05) is 52.4 Å². The summed E-state index contributed by atoms with van der Waals surface area (Å²) in [7, 11) is 0. The number of nitrogens with zero attached hydrogens (tertiary/aromatic N) is 3. The van der Waals surface area contributed by atoms with Crippen molar-refractivity contribution in [1.29, 1.82) is 0 Å². The summed E-state index contributed by atoms with van der Waals surface area (Å²) in [6.45, 7) is 10.0. The highest BCUT2D eigenvalue weighted by molar-refractivity contribution is 5.85. The molecule has 2 bridgehead atoms. The molecule has 38 heavy (non-hydrogen) atoms. The van der Waals surface area contributed by atoms with Crippen molar-refractivity contribution in [3.8, 4) is 0 Å². The van der Waals surface area contributed by atoms with E-state index in [0.29, 0.717) is 63.0 Å². The van der Waals surface area contributed by atoms with Gasteiger partial charge in [0.25, 0.3) is 5.91 Å². The number of likely N-dealkylation sites (tertiary alicyclic amines) is 2. The molecular formula is C29H49N5O4. The van der Waals surface area contributed by atoms with E-state index >= 15 is 0 Å². The van der Waals surface area contributed by atoms with E-state index in [0.717, 1.165) is 51.9 Å². The third kappa shape index (κ3) is 6.53. The SMILES string of the molecule is CC(C)N1CCC2(CC1)CC(=O)NCC[C@H]1CN(C3CCCC3)CC[C@H]1CC(=O)N1CCO[C@@H](C1)C(=O)N2. The van der Waals surface area contributed by atoms with Crippen LogP contribution < -0.4 is 10.6 Å². The predicted octanol–water partition coefficient (Wildman–Crippen LogP) is 1.75. The minimum atomic E-state index is -0.680. The second-order valence-corrected chi connectivity index (χ2v) is 12.9. The fraction of sp³-hybridized carbons (Fsp3) is 0.897. The zero-order valence-corrected chi connectivity index (χ0v) is 23.6. The lowest BCUT2D eigenvalue weighted by Gasteiger charge is -2.44. The van der Waals surface area contributed by atoms with Gasteiger partial charge in [-0.15, -0.1) is 0 Å². The Kier molecular flexibility index (Phi) is 8.95. The number of carbonyl (C=O) groups excluding carboxylic acids is 3. The topological polar surface area (TPSA) is 94.2 Å². The van der Waals surface area contributed by atoms with Crippen LogP contribution in [0.1, 0.15) is 78.1 Å². The molecule has 0 aromatic rings. The van der Waals surface area contributed by atoms with E-state index in [2.05, 4.69) is 34.3 Å². The van der Waals surface area contributed by atoms with E-state index in [4.69, 9.17) is 4.74 Å². The van der Waals surface area contributed by atoms with Gasteiger partial charge in [0.05, 0.1) is 18.7 Å². The molecule has 3 atom stereocenters. The molecule has 3 amide bonds. The van der Waals surface area contributed by atoms with Crippen molar-refractivity contribution in [2.24, 2.45) is 11.8 Å². The number of fused-ring (bicyclic) bond motifs is 3. The Morgan fingerprint density at radius 1 is 0.921 bits per heavy atom. The molecule has 2 N–H and O–H groups in total. The summed E-state index contributed by atoms with van der Waals surface area (Å²) in [5.41, 5.74) is -0.574. The number of ether oxygens (including phenoxy) is 1. The smallest absolute Gasteiger partial charge is 0.251 e. The van der Waals surface area contributed by atoms with Crippen molar-refractivity contribution in [3.63, 3.8) is 0 Å². The molecular weight excluding hydrogens is 482 g/mol. The zero-order valence-electron chi connectivity index (χ0n) is 23.6. The van der Waals surface area contributed by atoms with Gasteiger partial charge in [0, 0.05) is 57.6 Å². The van der Waals surface area contributed by atoms with Crippen LogP contribution in [0.4, 0.5) is 0 Å². The minimum absolute atomic E-state index is 0.0143. The average Bonchev–Trinajstić information content (AvgIpc) is 3.44. The average molecular weight is 532 g/mol. The van der Waals surface area contributed by atoms with Crippen LogP contribution in [0.5, 0.6) is 0 Å². The predicted molar refractivity (Wildman–Crippen MR) is 145 cm³/mol. The van der Waals surface area contributed by atoms with Gasteiger partial charge in [-0.2, -0.15) is 0 Å². The van der Waals surface area contributed by atoms with Crippen LogP contribution in [-0.4, -0.2) is 109 Å². The highest BCUT2D eigenvalue weighted by atomic mass is 16.5. The molecule has 0 radical (unpaired) electrons. The molecule has 1 spiro atoms. The van der Waals surface area contributed by atoms with Crippen LogP contribution in [0, 0.1) is 11.8 Å². The van der Waals surface area contributed by atoms with Crippen LogP contribution in [0.2, 0.25) is 0 Å². The van der Waals surface area contributed by atoms with Gasteiger partial charge in [-0.3, -0.25) is 14.4 Å². The number of nitrogens with one attached hydrogen (secondary N) is 2. The van der Waals surface area contributed by atoms with Gasteiger partial charge in [0.2, 0.25) is 11.8 Å². The summed E-state index contributed by atoms with van der Waals surface area (Å²) in [6.07, 6.45) is 8.78. The molecule has 9 heteroatoms. The van der Waals surface area contributed by atoms with E-state index < -0.39 is 11.6 Å². The minimum Gasteiger partial charge on any atom is -0.365 e. The maximum absolute atomic E-state index is 13.5. The number of piperidine rings is 2. The van der Waals surface area contributed by atoms with Crippen LogP contribution >= 0.6 is 0 Å². The first-order valence-electron chi connectivity index (χ1n) is 15.3. The molecule has 214 valence electrons. The molecule has 4 aliphatic heterocycles. The number of hydrogen-bond donors (Lipinski definition) is 2. The van der Waals surface area contributed by atoms with Gasteiger partial charge >= 0.3 is 0 Å². The van der Waals surface area contributed by atoms with Gasteiger partial charge in [-0.25, -0.2) is 0 Å².